The molecule has 1 amide bonds. The van der Waals surface area contributed by atoms with E-state index in [1.54, 1.807) is 13.1 Å². The lowest BCUT2D eigenvalue weighted by atomic mass is 9.77. The molecular weight excluding hydrogens is 433 g/mol. The number of alkyl halides is 3. The molecule has 2 aromatic rings. The number of rotatable bonds is 1. The van der Waals surface area contributed by atoms with Crippen molar-refractivity contribution in [3.05, 3.63) is 32.7 Å². The fraction of sp³-hybridized carbons (Fsp3) is 0.529. The first-order chi connectivity index (χ1) is 13.5. The SMILES string of the molecule is C[C@H]1C[C@@]2(CC(c3cn(C)nn3)N1C(=O)C(F)(F)F)OCC(=O)c1cc(Cl)sc12. The number of carbonyl (C=O) groups excluding carboxylic acids is 2. The van der Waals surface area contributed by atoms with Gasteiger partial charge in [-0.05, 0) is 13.0 Å². The number of amides is 1. The molecule has 0 bridgehead atoms. The highest BCUT2D eigenvalue weighted by Gasteiger charge is 2.56. The molecule has 2 aliphatic rings. The largest absolute Gasteiger partial charge is 0.471 e. The molecule has 0 radical (unpaired) electrons. The smallest absolute Gasteiger partial charge is 0.361 e. The highest BCUT2D eigenvalue weighted by molar-refractivity contribution is 7.16. The number of nitrogens with zero attached hydrogens (tertiary/aromatic N) is 4. The zero-order valence-corrected chi connectivity index (χ0v) is 16.9. The highest BCUT2D eigenvalue weighted by atomic mass is 35.5. The van der Waals surface area contributed by atoms with E-state index in [0.717, 1.165) is 4.90 Å². The molecule has 0 saturated carbocycles. The molecule has 1 fully saturated rings. The van der Waals surface area contributed by atoms with Gasteiger partial charge in [-0.15, -0.1) is 16.4 Å². The minimum Gasteiger partial charge on any atom is -0.361 e. The first kappa shape index (κ1) is 20.3. The third kappa shape index (κ3) is 3.34. The van der Waals surface area contributed by atoms with Crippen LogP contribution in [0.2, 0.25) is 4.34 Å². The summed E-state index contributed by atoms with van der Waals surface area (Å²) in [7, 11) is 1.58. The van der Waals surface area contributed by atoms with Crippen molar-refractivity contribution in [3.8, 4) is 0 Å². The summed E-state index contributed by atoms with van der Waals surface area (Å²) in [5, 5.41) is 7.75. The lowest BCUT2D eigenvalue weighted by Crippen LogP contribution is -2.56. The fourth-order valence-corrected chi connectivity index (χ4v) is 5.59. The number of ether oxygens (including phenoxy) is 1. The lowest BCUT2D eigenvalue weighted by Gasteiger charge is -2.50. The molecule has 3 atom stereocenters. The lowest BCUT2D eigenvalue weighted by molar-refractivity contribution is -0.200. The molecule has 4 heterocycles. The van der Waals surface area contributed by atoms with Crippen molar-refractivity contribution in [1.82, 2.24) is 19.9 Å². The molecule has 0 N–H and O–H groups in total. The van der Waals surface area contributed by atoms with Gasteiger partial charge < -0.3 is 9.64 Å². The first-order valence-electron chi connectivity index (χ1n) is 8.74. The van der Waals surface area contributed by atoms with Crippen LogP contribution in [0.25, 0.3) is 0 Å². The summed E-state index contributed by atoms with van der Waals surface area (Å²) in [6.45, 7) is 1.33. The first-order valence-corrected chi connectivity index (χ1v) is 9.94. The molecular formula is C17H16ClF3N4O3S. The van der Waals surface area contributed by atoms with E-state index in [0.29, 0.717) is 14.8 Å². The maximum Gasteiger partial charge on any atom is 0.471 e. The Hall–Kier alpha value is -1.98. The van der Waals surface area contributed by atoms with Crippen LogP contribution in [-0.2, 0) is 22.2 Å². The van der Waals surface area contributed by atoms with E-state index in [4.69, 9.17) is 16.3 Å². The van der Waals surface area contributed by atoms with E-state index in [9.17, 15) is 22.8 Å². The predicted molar refractivity (Wildman–Crippen MR) is 96.6 cm³/mol. The molecule has 2 aliphatic heterocycles. The van der Waals surface area contributed by atoms with Crippen LogP contribution >= 0.6 is 22.9 Å². The van der Waals surface area contributed by atoms with E-state index in [-0.39, 0.29) is 30.9 Å². The van der Waals surface area contributed by atoms with Crippen molar-refractivity contribution in [2.75, 3.05) is 6.61 Å². The minimum absolute atomic E-state index is 0.00890. The number of aryl methyl sites for hydroxylation is 1. The topological polar surface area (TPSA) is 77.3 Å². The Kier molecular flexibility index (Phi) is 4.74. The van der Waals surface area contributed by atoms with Gasteiger partial charge in [0.05, 0.1) is 16.6 Å². The number of piperidine rings is 1. The Bertz CT molecular complexity index is 991. The second kappa shape index (κ2) is 6.78. The number of carbonyl (C=O) groups is 2. The van der Waals surface area contributed by atoms with Crippen molar-refractivity contribution < 1.29 is 27.5 Å². The maximum atomic E-state index is 13.3. The number of hydrogen-bond donors (Lipinski definition) is 0. The Balaban J connectivity index is 1.82. The van der Waals surface area contributed by atoms with Gasteiger partial charge in [0.1, 0.15) is 17.9 Å². The Morgan fingerprint density at radius 3 is 2.76 bits per heavy atom. The van der Waals surface area contributed by atoms with Crippen molar-refractivity contribution >= 4 is 34.6 Å². The van der Waals surface area contributed by atoms with Gasteiger partial charge in [-0.1, -0.05) is 16.8 Å². The molecule has 29 heavy (non-hydrogen) atoms. The van der Waals surface area contributed by atoms with Gasteiger partial charge in [0, 0.05) is 36.4 Å². The van der Waals surface area contributed by atoms with Gasteiger partial charge in [0.15, 0.2) is 5.78 Å². The highest BCUT2D eigenvalue weighted by Crippen LogP contribution is 2.53. The van der Waals surface area contributed by atoms with Gasteiger partial charge in [-0.2, -0.15) is 13.2 Å². The van der Waals surface area contributed by atoms with Crippen molar-refractivity contribution in [1.29, 1.82) is 0 Å². The average Bonchev–Trinajstić information content (AvgIpc) is 3.23. The summed E-state index contributed by atoms with van der Waals surface area (Å²) in [5.74, 6) is -2.17. The maximum absolute atomic E-state index is 13.3. The third-order valence-corrected chi connectivity index (χ3v) is 6.74. The molecule has 1 saturated heterocycles. The zero-order valence-electron chi connectivity index (χ0n) is 15.4. The van der Waals surface area contributed by atoms with Crippen LogP contribution in [-0.4, -0.2) is 50.4 Å². The summed E-state index contributed by atoms with van der Waals surface area (Å²) in [5.41, 5.74) is -0.391. The number of halogens is 4. The van der Waals surface area contributed by atoms with Crippen LogP contribution in [0.5, 0.6) is 0 Å². The van der Waals surface area contributed by atoms with E-state index < -0.39 is 29.8 Å². The minimum atomic E-state index is -5.03. The molecule has 12 heteroatoms. The molecule has 0 aliphatic carbocycles. The quantitative estimate of drug-likeness (QED) is 0.669. The number of likely N-dealkylation sites (tertiary alicyclic amines) is 1. The number of fused-ring (bicyclic) bond motifs is 2. The van der Waals surface area contributed by atoms with Gasteiger partial charge >= 0.3 is 12.1 Å². The van der Waals surface area contributed by atoms with E-state index in [2.05, 4.69) is 10.3 Å². The summed E-state index contributed by atoms with van der Waals surface area (Å²) in [6.07, 6.45) is -3.44. The van der Waals surface area contributed by atoms with Gasteiger partial charge in [0.25, 0.3) is 0 Å². The number of aromatic nitrogens is 3. The number of ketones is 1. The summed E-state index contributed by atoms with van der Waals surface area (Å²) in [4.78, 5) is 25.9. The van der Waals surface area contributed by atoms with Crippen LogP contribution in [0.3, 0.4) is 0 Å². The van der Waals surface area contributed by atoms with Crippen LogP contribution < -0.4 is 0 Å². The van der Waals surface area contributed by atoms with E-state index >= 15 is 0 Å². The zero-order chi connectivity index (χ0) is 21.1. The molecule has 156 valence electrons. The normalized spacial score (nSPS) is 27.4. The van der Waals surface area contributed by atoms with Crippen molar-refractivity contribution in [2.24, 2.45) is 7.05 Å². The van der Waals surface area contributed by atoms with Crippen LogP contribution in [0.1, 0.15) is 46.7 Å². The molecule has 7 nitrogen and oxygen atoms in total. The summed E-state index contributed by atoms with van der Waals surface area (Å²) >= 11 is 7.29. The van der Waals surface area contributed by atoms with Crippen molar-refractivity contribution in [2.45, 2.75) is 43.6 Å². The fourth-order valence-electron chi connectivity index (χ4n) is 4.19. The number of thiophene rings is 1. The molecule has 4 rings (SSSR count). The molecule has 1 unspecified atom stereocenters. The second-order valence-corrected chi connectivity index (χ2v) is 8.98. The standard InChI is InChI=1S/C17H16ClF3N4O3S/c1-8-4-16(14-9(3-13(18)29-14)12(26)7-28-16)5-11(10-6-24(2)23-22-10)25(8)15(27)17(19,20)21/h3,6,8,11H,4-5,7H2,1-2H3/t8-,11?,16-/m0/s1. The summed E-state index contributed by atoms with van der Waals surface area (Å²) < 4.78 is 47.6. The Labute approximate surface area is 172 Å². The van der Waals surface area contributed by atoms with Crippen LogP contribution in [0.15, 0.2) is 12.3 Å². The molecule has 0 aromatic carbocycles. The van der Waals surface area contributed by atoms with Gasteiger partial charge in [-0.3, -0.25) is 14.3 Å². The Morgan fingerprint density at radius 2 is 2.14 bits per heavy atom. The molecule has 2 aromatic heterocycles. The van der Waals surface area contributed by atoms with Gasteiger partial charge in [-0.25, -0.2) is 0 Å². The van der Waals surface area contributed by atoms with Crippen LogP contribution in [0, 0.1) is 0 Å². The Morgan fingerprint density at radius 1 is 1.41 bits per heavy atom. The third-order valence-electron chi connectivity index (χ3n) is 5.29. The van der Waals surface area contributed by atoms with Crippen molar-refractivity contribution in [3.63, 3.8) is 0 Å². The monoisotopic (exact) mass is 448 g/mol. The van der Waals surface area contributed by atoms with E-state index in [1.807, 2.05) is 0 Å². The number of Topliss-reactive ketones (excluding diaryl/α,β-unsaturated/α-hetero) is 1. The van der Waals surface area contributed by atoms with E-state index in [1.165, 1.54) is 29.1 Å². The summed E-state index contributed by atoms with van der Waals surface area (Å²) in [6, 6.07) is -0.293. The average molecular weight is 449 g/mol. The van der Waals surface area contributed by atoms with Gasteiger partial charge in [0.2, 0.25) is 0 Å². The van der Waals surface area contributed by atoms with Crippen LogP contribution in [0.4, 0.5) is 13.2 Å². The predicted octanol–water partition coefficient (Wildman–Crippen LogP) is 3.25. The molecule has 1 spiro atoms. The number of hydrogen-bond acceptors (Lipinski definition) is 6. The second-order valence-electron chi connectivity index (χ2n) is 7.30.